The van der Waals surface area contributed by atoms with Crippen molar-refractivity contribution in [1.29, 1.82) is 0 Å². The summed E-state index contributed by atoms with van der Waals surface area (Å²) in [7, 11) is -3.87. The smallest absolute Gasteiger partial charge is 0.306 e. The quantitative estimate of drug-likeness (QED) is 0.785. The summed E-state index contributed by atoms with van der Waals surface area (Å²) in [6, 6.07) is 2.88. The highest BCUT2D eigenvalue weighted by atomic mass is 35.5. The summed E-state index contributed by atoms with van der Waals surface area (Å²) in [5.74, 6) is -1.31. The van der Waals surface area contributed by atoms with E-state index in [2.05, 4.69) is 0 Å². The molecule has 2 N–H and O–H groups in total. The van der Waals surface area contributed by atoms with Crippen molar-refractivity contribution in [3.63, 3.8) is 0 Å². The molecule has 0 aliphatic carbocycles. The predicted octanol–water partition coefficient (Wildman–Crippen LogP) is 0.922. The van der Waals surface area contributed by atoms with E-state index in [4.69, 9.17) is 16.7 Å². The van der Waals surface area contributed by atoms with Crippen LogP contribution < -0.4 is 0 Å². The minimum atomic E-state index is -3.87. The lowest BCUT2D eigenvalue weighted by Crippen LogP contribution is -2.30. The SMILES string of the molecule is O=C(O)CC(O)C(Cl)S(=O)(=O)c1cccs1. The van der Waals surface area contributed by atoms with Gasteiger partial charge in [-0.2, -0.15) is 0 Å². The van der Waals surface area contributed by atoms with Crippen LogP contribution in [0.1, 0.15) is 6.42 Å². The zero-order valence-electron chi connectivity index (χ0n) is 7.91. The minimum absolute atomic E-state index is 0.0111. The van der Waals surface area contributed by atoms with Crippen LogP contribution in [0, 0.1) is 0 Å². The Kier molecular flexibility index (Phi) is 4.31. The Balaban J connectivity index is 2.89. The molecule has 0 fully saturated rings. The number of carboxylic acid groups (broad SMARTS) is 1. The lowest BCUT2D eigenvalue weighted by atomic mass is 10.3. The van der Waals surface area contributed by atoms with E-state index in [9.17, 15) is 18.3 Å². The first-order chi connectivity index (χ1) is 7.35. The molecule has 16 heavy (non-hydrogen) atoms. The van der Waals surface area contributed by atoms with E-state index in [1.807, 2.05) is 0 Å². The maximum atomic E-state index is 11.7. The number of hydrogen-bond acceptors (Lipinski definition) is 5. The maximum Gasteiger partial charge on any atom is 0.306 e. The molecule has 0 aliphatic rings. The first-order valence-electron chi connectivity index (χ1n) is 4.17. The van der Waals surface area contributed by atoms with Gasteiger partial charge in [0.1, 0.15) is 4.21 Å². The molecule has 0 saturated heterocycles. The van der Waals surface area contributed by atoms with Gasteiger partial charge in [0.05, 0.1) is 12.5 Å². The number of aliphatic hydroxyl groups excluding tert-OH is 1. The second kappa shape index (κ2) is 5.13. The van der Waals surface area contributed by atoms with E-state index >= 15 is 0 Å². The summed E-state index contributed by atoms with van der Waals surface area (Å²) < 4.78 is 21.8. The van der Waals surface area contributed by atoms with Crippen LogP contribution in [-0.2, 0) is 14.6 Å². The van der Waals surface area contributed by atoms with Crippen molar-refractivity contribution in [2.45, 2.75) is 21.4 Å². The van der Waals surface area contributed by atoms with Gasteiger partial charge in [0.25, 0.3) is 0 Å². The molecule has 0 spiro atoms. The van der Waals surface area contributed by atoms with Gasteiger partial charge in [-0.15, -0.1) is 22.9 Å². The third-order valence-electron chi connectivity index (χ3n) is 1.76. The van der Waals surface area contributed by atoms with Crippen LogP contribution in [-0.4, -0.2) is 35.4 Å². The monoisotopic (exact) mass is 284 g/mol. The van der Waals surface area contributed by atoms with Crippen LogP contribution >= 0.6 is 22.9 Å². The number of halogens is 1. The Labute approximate surface area is 101 Å². The number of thiophene rings is 1. The summed E-state index contributed by atoms with van der Waals surface area (Å²) >= 11 is 6.53. The van der Waals surface area contributed by atoms with E-state index in [1.54, 1.807) is 5.38 Å². The summed E-state index contributed by atoms with van der Waals surface area (Å²) in [6.07, 6.45) is -2.34. The lowest BCUT2D eigenvalue weighted by molar-refractivity contribution is -0.138. The van der Waals surface area contributed by atoms with Gasteiger partial charge in [0.15, 0.2) is 4.71 Å². The largest absolute Gasteiger partial charge is 0.481 e. The zero-order chi connectivity index (χ0) is 12.3. The standard InChI is InChI=1S/C8H9ClO5S2/c9-8(5(10)4-6(11)12)16(13,14)7-2-1-3-15-7/h1-3,5,8,10H,4H2,(H,11,12). The highest BCUT2D eigenvalue weighted by Crippen LogP contribution is 2.26. The number of hydrogen-bond donors (Lipinski definition) is 2. The summed E-state index contributed by atoms with van der Waals surface area (Å²) in [6.45, 7) is 0. The van der Waals surface area contributed by atoms with Crippen molar-refractivity contribution in [1.82, 2.24) is 0 Å². The van der Waals surface area contributed by atoms with Gasteiger partial charge in [-0.1, -0.05) is 6.07 Å². The molecule has 0 radical (unpaired) electrons. The molecule has 1 aromatic heterocycles. The van der Waals surface area contributed by atoms with Gasteiger partial charge in [-0.3, -0.25) is 4.79 Å². The average molecular weight is 285 g/mol. The summed E-state index contributed by atoms with van der Waals surface area (Å²) in [5, 5.41) is 19.3. The Bertz CT molecular complexity index is 453. The number of carboxylic acids is 1. The highest BCUT2D eigenvalue weighted by molar-refractivity contribution is 7.95. The van der Waals surface area contributed by atoms with Crippen molar-refractivity contribution in [3.8, 4) is 0 Å². The van der Waals surface area contributed by atoms with E-state index in [0.717, 1.165) is 11.3 Å². The fourth-order valence-corrected chi connectivity index (χ4v) is 4.01. The Morgan fingerprint density at radius 3 is 2.62 bits per heavy atom. The fraction of sp³-hybridized carbons (Fsp3) is 0.375. The maximum absolute atomic E-state index is 11.7. The number of sulfone groups is 1. The van der Waals surface area contributed by atoms with E-state index < -0.39 is 33.0 Å². The second-order valence-corrected chi connectivity index (χ2v) is 6.97. The third kappa shape index (κ3) is 2.94. The van der Waals surface area contributed by atoms with Crippen LogP contribution in [0.5, 0.6) is 0 Å². The van der Waals surface area contributed by atoms with Gasteiger partial charge in [0.2, 0.25) is 9.84 Å². The number of rotatable bonds is 5. The van der Waals surface area contributed by atoms with Gasteiger partial charge in [0, 0.05) is 0 Å². The van der Waals surface area contributed by atoms with Crippen LogP contribution in [0.3, 0.4) is 0 Å². The molecular weight excluding hydrogens is 276 g/mol. The topological polar surface area (TPSA) is 91.7 Å². The van der Waals surface area contributed by atoms with Crippen LogP contribution in [0.2, 0.25) is 0 Å². The Morgan fingerprint density at radius 2 is 2.19 bits per heavy atom. The Hall–Kier alpha value is -0.630. The number of aliphatic hydroxyl groups is 1. The van der Waals surface area contributed by atoms with Crippen molar-refractivity contribution >= 4 is 38.7 Å². The molecule has 2 atom stereocenters. The van der Waals surface area contributed by atoms with Crippen molar-refractivity contribution in [3.05, 3.63) is 17.5 Å². The van der Waals surface area contributed by atoms with Crippen LogP contribution in [0.25, 0.3) is 0 Å². The second-order valence-electron chi connectivity index (χ2n) is 2.99. The molecular formula is C8H9ClO5S2. The molecule has 90 valence electrons. The minimum Gasteiger partial charge on any atom is -0.481 e. The summed E-state index contributed by atoms with van der Waals surface area (Å²) in [4.78, 5) is 10.3. The highest BCUT2D eigenvalue weighted by Gasteiger charge is 2.33. The molecule has 0 saturated carbocycles. The molecule has 0 bridgehead atoms. The molecule has 1 rings (SSSR count). The van der Waals surface area contributed by atoms with Crippen molar-refractivity contribution in [2.24, 2.45) is 0 Å². The first-order valence-corrected chi connectivity index (χ1v) is 7.03. The number of aliphatic carboxylic acids is 1. The van der Waals surface area contributed by atoms with E-state index in [1.165, 1.54) is 12.1 Å². The van der Waals surface area contributed by atoms with Crippen LogP contribution in [0.15, 0.2) is 21.7 Å². The van der Waals surface area contributed by atoms with Gasteiger partial charge >= 0.3 is 5.97 Å². The molecule has 0 amide bonds. The van der Waals surface area contributed by atoms with Gasteiger partial charge in [-0.05, 0) is 11.4 Å². The lowest BCUT2D eigenvalue weighted by Gasteiger charge is -2.14. The zero-order valence-corrected chi connectivity index (χ0v) is 10.3. The number of carbonyl (C=O) groups is 1. The van der Waals surface area contributed by atoms with Gasteiger partial charge in [-0.25, -0.2) is 8.42 Å². The average Bonchev–Trinajstić information content (AvgIpc) is 2.68. The molecule has 1 heterocycles. The number of alkyl halides is 1. The molecule has 0 aliphatic heterocycles. The van der Waals surface area contributed by atoms with Crippen molar-refractivity contribution in [2.75, 3.05) is 0 Å². The first kappa shape index (κ1) is 13.4. The predicted molar refractivity (Wildman–Crippen MR) is 59.4 cm³/mol. The summed E-state index contributed by atoms with van der Waals surface area (Å²) in [5.41, 5.74) is 0. The van der Waals surface area contributed by atoms with E-state index in [0.29, 0.717) is 0 Å². The molecule has 0 aromatic carbocycles. The van der Waals surface area contributed by atoms with E-state index in [-0.39, 0.29) is 4.21 Å². The molecule has 1 aromatic rings. The normalized spacial score (nSPS) is 15.6. The van der Waals surface area contributed by atoms with Crippen molar-refractivity contribution < 1.29 is 23.4 Å². The van der Waals surface area contributed by atoms with Crippen LogP contribution in [0.4, 0.5) is 0 Å². The molecule has 8 heteroatoms. The molecule has 2 unspecified atom stereocenters. The van der Waals surface area contributed by atoms with Gasteiger partial charge < -0.3 is 10.2 Å². The third-order valence-corrected chi connectivity index (χ3v) is 6.00. The fourth-order valence-electron chi connectivity index (χ4n) is 1.01. The molecule has 5 nitrogen and oxygen atoms in total. The Morgan fingerprint density at radius 1 is 1.56 bits per heavy atom.